The van der Waals surface area contributed by atoms with E-state index in [1.165, 1.54) is 5.56 Å². The number of aromatic nitrogens is 2. The van der Waals surface area contributed by atoms with Crippen LogP contribution in [0.4, 0.5) is 0 Å². The van der Waals surface area contributed by atoms with Gasteiger partial charge in [-0.2, -0.15) is 0 Å². The van der Waals surface area contributed by atoms with Crippen molar-refractivity contribution in [2.45, 2.75) is 13.8 Å². The van der Waals surface area contributed by atoms with Crippen molar-refractivity contribution in [2.24, 2.45) is 7.05 Å². The summed E-state index contributed by atoms with van der Waals surface area (Å²) in [6.07, 6.45) is 0. The van der Waals surface area contributed by atoms with Gasteiger partial charge in [0.2, 0.25) is 0 Å². The van der Waals surface area contributed by atoms with E-state index in [1.807, 2.05) is 14.0 Å². The van der Waals surface area contributed by atoms with Crippen LogP contribution in [0.1, 0.15) is 11.4 Å². The summed E-state index contributed by atoms with van der Waals surface area (Å²) in [6.45, 7) is 4.09. The van der Waals surface area contributed by atoms with Crippen LogP contribution in [-0.2, 0) is 7.05 Å². The zero-order valence-electron chi connectivity index (χ0n) is 9.26. The molecule has 0 aliphatic rings. The topological polar surface area (TPSA) is 27.1 Å². The van der Waals surface area contributed by atoms with Gasteiger partial charge >= 0.3 is 0 Å². The minimum atomic E-state index is 0.884. The first kappa shape index (κ1) is 10.7. The molecule has 0 radical (unpaired) electrons. The maximum absolute atomic E-state index is 5.42. The molecule has 0 aliphatic heterocycles. The molecule has 1 heterocycles. The van der Waals surface area contributed by atoms with Crippen molar-refractivity contribution in [3.05, 3.63) is 21.0 Å². The molecule has 0 fully saturated rings. The van der Waals surface area contributed by atoms with Crippen LogP contribution >= 0.6 is 22.6 Å². The van der Waals surface area contributed by atoms with E-state index >= 15 is 0 Å². The fraction of sp³-hybridized carbons (Fsp3) is 0.364. The van der Waals surface area contributed by atoms with Crippen LogP contribution in [0.15, 0.2) is 6.07 Å². The van der Waals surface area contributed by atoms with Gasteiger partial charge < -0.3 is 9.30 Å². The second-order valence-electron chi connectivity index (χ2n) is 3.63. The number of nitrogens with zero attached hydrogens (tertiary/aromatic N) is 2. The third-order valence-corrected chi connectivity index (χ3v) is 4.02. The number of imidazole rings is 1. The van der Waals surface area contributed by atoms with Gasteiger partial charge in [-0.15, -0.1) is 0 Å². The van der Waals surface area contributed by atoms with Gasteiger partial charge in [-0.05, 0) is 48.1 Å². The fourth-order valence-electron chi connectivity index (χ4n) is 1.70. The van der Waals surface area contributed by atoms with Crippen LogP contribution in [0, 0.1) is 17.4 Å². The summed E-state index contributed by atoms with van der Waals surface area (Å²) in [4.78, 5) is 4.52. The van der Waals surface area contributed by atoms with Gasteiger partial charge in [0, 0.05) is 7.05 Å². The number of benzene rings is 1. The van der Waals surface area contributed by atoms with Crippen LogP contribution in [0.25, 0.3) is 11.0 Å². The van der Waals surface area contributed by atoms with E-state index in [2.05, 4.69) is 45.1 Å². The molecule has 0 N–H and O–H groups in total. The molecule has 15 heavy (non-hydrogen) atoms. The van der Waals surface area contributed by atoms with E-state index in [4.69, 9.17) is 4.74 Å². The number of hydrogen-bond donors (Lipinski definition) is 0. The number of aryl methyl sites for hydroxylation is 3. The lowest BCUT2D eigenvalue weighted by molar-refractivity contribution is 0.415. The molecule has 2 aromatic rings. The van der Waals surface area contributed by atoms with Gasteiger partial charge in [0.25, 0.3) is 0 Å². The van der Waals surface area contributed by atoms with Crippen molar-refractivity contribution in [3.8, 4) is 5.75 Å². The van der Waals surface area contributed by atoms with Gasteiger partial charge in [0.15, 0.2) is 5.75 Å². The quantitative estimate of drug-likeness (QED) is 0.757. The number of fused-ring (bicyclic) bond motifs is 1. The van der Waals surface area contributed by atoms with Crippen LogP contribution in [0.2, 0.25) is 0 Å². The standard InChI is InChI=1S/C11H13IN2O/c1-6-5-8-10(11(15-4)9(6)12)13-7(2)14(8)3/h5H,1-4H3. The molecule has 0 saturated heterocycles. The molecule has 0 aliphatic carbocycles. The Morgan fingerprint density at radius 3 is 2.67 bits per heavy atom. The number of methoxy groups -OCH3 is 1. The summed E-state index contributed by atoms with van der Waals surface area (Å²) in [5, 5.41) is 0. The Bertz CT molecular complexity index is 531. The van der Waals surface area contributed by atoms with E-state index in [9.17, 15) is 0 Å². The highest BCUT2D eigenvalue weighted by molar-refractivity contribution is 14.1. The third-order valence-electron chi connectivity index (χ3n) is 2.68. The van der Waals surface area contributed by atoms with E-state index in [1.54, 1.807) is 7.11 Å². The predicted molar refractivity (Wildman–Crippen MR) is 69.5 cm³/mol. The Morgan fingerprint density at radius 1 is 1.40 bits per heavy atom. The zero-order chi connectivity index (χ0) is 11.2. The van der Waals surface area contributed by atoms with Crippen molar-refractivity contribution in [3.63, 3.8) is 0 Å². The molecule has 0 atom stereocenters. The minimum absolute atomic E-state index is 0.884. The number of rotatable bonds is 1. The largest absolute Gasteiger partial charge is 0.493 e. The van der Waals surface area contributed by atoms with Crippen LogP contribution in [0.5, 0.6) is 5.75 Å². The molecule has 0 spiro atoms. The van der Waals surface area contributed by atoms with Crippen molar-refractivity contribution in [2.75, 3.05) is 7.11 Å². The molecule has 0 amide bonds. The average Bonchev–Trinajstić information content (AvgIpc) is 2.47. The van der Waals surface area contributed by atoms with Gasteiger partial charge in [-0.1, -0.05) is 0 Å². The van der Waals surface area contributed by atoms with Gasteiger partial charge in [0.05, 0.1) is 16.2 Å². The predicted octanol–water partition coefficient (Wildman–Crippen LogP) is 2.80. The Balaban J connectivity index is 2.94. The number of ether oxygens (including phenoxy) is 1. The lowest BCUT2D eigenvalue weighted by Gasteiger charge is -2.07. The summed E-state index contributed by atoms with van der Waals surface area (Å²) in [5.74, 6) is 1.89. The summed E-state index contributed by atoms with van der Waals surface area (Å²) in [6, 6.07) is 2.15. The van der Waals surface area contributed by atoms with E-state index in [0.29, 0.717) is 0 Å². The summed E-state index contributed by atoms with van der Waals surface area (Å²) < 4.78 is 8.65. The molecule has 4 heteroatoms. The van der Waals surface area contributed by atoms with Gasteiger partial charge in [-0.3, -0.25) is 0 Å². The van der Waals surface area contributed by atoms with Crippen molar-refractivity contribution in [1.82, 2.24) is 9.55 Å². The molecule has 0 bridgehead atoms. The zero-order valence-corrected chi connectivity index (χ0v) is 11.4. The number of halogens is 1. The monoisotopic (exact) mass is 316 g/mol. The van der Waals surface area contributed by atoms with Crippen LogP contribution in [-0.4, -0.2) is 16.7 Å². The molecule has 1 aromatic carbocycles. The Kier molecular flexibility index (Phi) is 2.62. The highest BCUT2D eigenvalue weighted by atomic mass is 127. The molecular weight excluding hydrogens is 303 g/mol. The molecule has 80 valence electrons. The molecule has 3 nitrogen and oxygen atoms in total. The highest BCUT2D eigenvalue weighted by Crippen LogP contribution is 2.32. The maximum Gasteiger partial charge on any atom is 0.160 e. The third kappa shape index (κ3) is 1.51. The Morgan fingerprint density at radius 2 is 2.07 bits per heavy atom. The van der Waals surface area contributed by atoms with Gasteiger partial charge in [-0.25, -0.2) is 4.98 Å². The number of hydrogen-bond acceptors (Lipinski definition) is 2. The van der Waals surface area contributed by atoms with E-state index in [-0.39, 0.29) is 0 Å². The fourth-order valence-corrected chi connectivity index (χ4v) is 2.33. The normalized spacial score (nSPS) is 11.0. The first-order chi connectivity index (χ1) is 7.06. The summed E-state index contributed by atoms with van der Waals surface area (Å²) in [7, 11) is 3.72. The summed E-state index contributed by atoms with van der Waals surface area (Å²) in [5.41, 5.74) is 3.30. The SMILES string of the molecule is COc1c(I)c(C)cc2c1nc(C)n2C. The molecule has 2 rings (SSSR count). The smallest absolute Gasteiger partial charge is 0.160 e. The lowest BCUT2D eigenvalue weighted by atomic mass is 10.2. The molecular formula is C11H13IN2O. The van der Waals surface area contributed by atoms with E-state index < -0.39 is 0 Å². The van der Waals surface area contributed by atoms with E-state index in [0.717, 1.165) is 26.2 Å². The van der Waals surface area contributed by atoms with Crippen molar-refractivity contribution < 1.29 is 4.74 Å². The highest BCUT2D eigenvalue weighted by Gasteiger charge is 2.14. The lowest BCUT2D eigenvalue weighted by Crippen LogP contribution is -1.94. The van der Waals surface area contributed by atoms with Crippen LogP contribution < -0.4 is 4.74 Å². The minimum Gasteiger partial charge on any atom is -0.493 e. The molecule has 1 aromatic heterocycles. The Labute approximate surface area is 103 Å². The second kappa shape index (κ2) is 3.66. The van der Waals surface area contributed by atoms with Crippen molar-refractivity contribution in [1.29, 1.82) is 0 Å². The van der Waals surface area contributed by atoms with Crippen LogP contribution in [0.3, 0.4) is 0 Å². The maximum atomic E-state index is 5.42. The molecule has 0 unspecified atom stereocenters. The average molecular weight is 316 g/mol. The summed E-state index contributed by atoms with van der Waals surface area (Å²) >= 11 is 2.30. The second-order valence-corrected chi connectivity index (χ2v) is 4.71. The first-order valence-electron chi connectivity index (χ1n) is 4.72. The van der Waals surface area contributed by atoms with Gasteiger partial charge in [0.1, 0.15) is 11.3 Å². The molecule has 0 saturated carbocycles. The van der Waals surface area contributed by atoms with Crippen molar-refractivity contribution >= 4 is 33.6 Å². The Hall–Kier alpha value is -0.780. The first-order valence-corrected chi connectivity index (χ1v) is 5.80.